The van der Waals surface area contributed by atoms with Gasteiger partial charge in [-0.3, -0.25) is 19.2 Å². The molecule has 5 rings (SSSR count). The van der Waals surface area contributed by atoms with Crippen molar-refractivity contribution in [2.24, 2.45) is 0 Å². The van der Waals surface area contributed by atoms with Crippen LogP contribution < -0.4 is 59.1 Å². The van der Waals surface area contributed by atoms with Gasteiger partial charge in [0.2, 0.25) is 63.7 Å². The molecule has 0 unspecified atom stereocenters. The van der Waals surface area contributed by atoms with Gasteiger partial charge in [-0.15, -0.1) is 0 Å². The summed E-state index contributed by atoms with van der Waals surface area (Å²) in [5.41, 5.74) is -9.70. The molecule has 4 aromatic carbocycles. The van der Waals surface area contributed by atoms with Crippen LogP contribution in [0.5, 0.6) is 23.0 Å². The number of hydrogen-bond acceptors (Lipinski definition) is 32. The minimum Gasteiger partial charge on any atom is -0.491 e. The highest BCUT2D eigenvalue weighted by Gasteiger charge is 2.37. The lowest BCUT2D eigenvalue weighted by molar-refractivity contribution is -0.124. The summed E-state index contributed by atoms with van der Waals surface area (Å²) in [4.78, 5) is 51.1. The lowest BCUT2D eigenvalue weighted by Crippen LogP contribution is -2.58. The van der Waals surface area contributed by atoms with Gasteiger partial charge in [0.1, 0.15) is 71.6 Å². The first-order valence-electron chi connectivity index (χ1n) is 32.9. The summed E-state index contributed by atoms with van der Waals surface area (Å²) in [5, 5.41) is 129. The zero-order chi connectivity index (χ0) is 80.3. The van der Waals surface area contributed by atoms with E-state index in [4.69, 9.17) is 37.9 Å². The van der Waals surface area contributed by atoms with Gasteiger partial charge < -0.3 is 120 Å². The molecule has 108 heavy (non-hydrogen) atoms. The van der Waals surface area contributed by atoms with E-state index in [0.29, 0.717) is 0 Å². The van der Waals surface area contributed by atoms with Crippen LogP contribution in [-0.2, 0) is 104 Å². The largest absolute Gasteiger partial charge is 0.491 e. The minimum atomic E-state index is -5.08. The number of rotatable bonds is 48. The lowest BCUT2D eigenvalue weighted by Gasteiger charge is -2.28. The number of amides is 4. The van der Waals surface area contributed by atoms with E-state index in [1.165, 1.54) is 28.4 Å². The van der Waals surface area contributed by atoms with Gasteiger partial charge >= 0.3 is 0 Å². The molecule has 0 heterocycles. The number of benzene rings is 4. The van der Waals surface area contributed by atoms with Crippen molar-refractivity contribution >= 4 is 63.7 Å². The van der Waals surface area contributed by atoms with Crippen LogP contribution in [0.4, 0.5) is 0 Å². The van der Waals surface area contributed by atoms with Crippen LogP contribution in [-0.4, -0.2) is 327 Å². The van der Waals surface area contributed by atoms with E-state index >= 15 is 33.7 Å². The first-order chi connectivity index (χ1) is 51.2. The summed E-state index contributed by atoms with van der Waals surface area (Å²) >= 11 is 0. The third-order valence-corrected chi connectivity index (χ3v) is 22.2. The Hall–Kier alpha value is -7.04. The molecule has 44 heteroatoms. The number of carbonyl (C=O) groups is 4. The highest BCUT2D eigenvalue weighted by atomic mass is 32.2. The number of sulfonamides is 4. The molecular formula is C64H96N8O32S4. The molecule has 40 nitrogen and oxygen atoms in total. The number of ether oxygens (including phenoxy) is 8. The topological polar surface area (TPSA) is 618 Å². The maximum Gasteiger partial charge on any atom is 0.241 e. The Balaban J connectivity index is 2.09. The molecule has 1 aliphatic carbocycles. The molecule has 0 spiro atoms. The molecule has 0 aliphatic heterocycles. The average molecular weight is 1620 g/mol. The van der Waals surface area contributed by atoms with E-state index in [9.17, 15) is 80.5 Å². The highest BCUT2D eigenvalue weighted by molar-refractivity contribution is 7.90. The molecular weight excluding hydrogens is 1520 g/mol. The molecule has 0 radical (unpaired) electrons. The van der Waals surface area contributed by atoms with Crippen LogP contribution in [0.25, 0.3) is 0 Å². The van der Waals surface area contributed by atoms with Crippen molar-refractivity contribution in [2.45, 2.75) is 67.4 Å². The molecule has 4 amide bonds. The molecule has 0 aromatic heterocycles. The second-order valence-corrected chi connectivity index (χ2v) is 31.9. The minimum absolute atomic E-state index is 0.186. The fraction of sp³-hybridized carbons (Fsp3) is 0.562. The van der Waals surface area contributed by atoms with Crippen molar-refractivity contribution in [3.05, 3.63) is 93.0 Å². The van der Waals surface area contributed by atoms with Gasteiger partial charge in [-0.05, 0) is 48.5 Å². The predicted molar refractivity (Wildman–Crippen MR) is 376 cm³/mol. The van der Waals surface area contributed by atoms with Gasteiger partial charge in [0.15, 0.2) is 0 Å². The van der Waals surface area contributed by atoms with Gasteiger partial charge in [0, 0.05) is 98.6 Å². The predicted octanol–water partition coefficient (Wildman–Crippen LogP) is -9.10. The van der Waals surface area contributed by atoms with Crippen LogP contribution in [0.2, 0.25) is 0 Å². The summed E-state index contributed by atoms with van der Waals surface area (Å²) in [6, 6.07) is 8.30. The number of fused-ring (bicyclic) bond motifs is 8. The third kappa shape index (κ3) is 24.5. The smallest absolute Gasteiger partial charge is 0.241 e. The lowest BCUT2D eigenvalue weighted by atomic mass is 9.91. The van der Waals surface area contributed by atoms with Gasteiger partial charge in [0.05, 0.1) is 151 Å². The first kappa shape index (κ1) is 91.6. The maximum atomic E-state index is 15.0. The molecule has 0 saturated carbocycles. The first-order valence-corrected chi connectivity index (χ1v) is 38.8. The van der Waals surface area contributed by atoms with Crippen molar-refractivity contribution in [3.63, 3.8) is 0 Å². The molecule has 608 valence electrons. The van der Waals surface area contributed by atoms with E-state index < -0.39 is 237 Å². The highest BCUT2D eigenvalue weighted by Crippen LogP contribution is 2.43. The Morgan fingerprint density at radius 3 is 0.565 bits per heavy atom. The molecule has 0 atom stereocenters. The third-order valence-electron chi connectivity index (χ3n) is 16.7. The Bertz CT molecular complexity index is 3510. The van der Waals surface area contributed by atoms with Gasteiger partial charge in [-0.1, -0.05) is 0 Å². The zero-order valence-corrected chi connectivity index (χ0v) is 62.8. The Labute approximate surface area is 623 Å². The Morgan fingerprint density at radius 1 is 0.287 bits per heavy atom. The molecule has 1 aliphatic rings. The molecule has 20 N–H and O–H groups in total. The number of nitrogens with one attached hydrogen (secondary N) is 8. The van der Waals surface area contributed by atoms with Crippen LogP contribution >= 0.6 is 0 Å². The second-order valence-electron chi connectivity index (χ2n) is 24.9. The normalized spacial score (nSPS) is 13.2. The molecule has 0 fully saturated rings. The summed E-state index contributed by atoms with van der Waals surface area (Å²) in [5.74, 6) is -5.62. The number of carbonyl (C=O) groups excluding carboxylic acids is 4. The SMILES string of the molecule is COCCOc1c2cc(S(=O)(=O)NCC(=O)NC(CO)(CO)CO)cc1Cc1cc(S(=O)(=O)NCC(=O)NC(CO)(CO)CO)cc(c1OCCOC)Cc1cc(S(=O)(=O)NCC(=O)NC(CO)(CO)CO)cc(c1OCCOC)Cc1cc(S(=O)(=O)NCC(=O)NC(CO)(CO)CO)cc(c1OCCOC)C2. The van der Waals surface area contributed by atoms with E-state index in [1.807, 2.05) is 0 Å². The monoisotopic (exact) mass is 1620 g/mol. The quantitative estimate of drug-likeness (QED) is 0.0161. The number of aliphatic hydroxyl groups is 12. The molecule has 0 saturated heterocycles. The fourth-order valence-electron chi connectivity index (χ4n) is 10.4. The Kier molecular flexibility index (Phi) is 35.5. The fourth-order valence-corrected chi connectivity index (χ4v) is 14.8. The number of aliphatic hydroxyl groups excluding tert-OH is 12. The summed E-state index contributed by atoms with van der Waals surface area (Å²) < 4.78 is 176. The van der Waals surface area contributed by atoms with Crippen LogP contribution in [0.3, 0.4) is 0 Å². The standard InChI is InChI=1S/C64H96N8O32S4/c1-97-5-9-101-57-41-13-43-19-50(106(91,92)66-26-54(86)70-62(32-76,33-77)34-78)21-45(58(43)102-10-6-98-2)15-47-23-52(108(95,96)68-28-56(88)72-64(38-82,39-83)40-84)24-48(60(47)104-12-8-100-4)16-46-22-51(107(93,94)67-27-55(87)71-63(35-79,36-80)37-81)20-44(59(46)103-11-7-99-3)14-42(57)18-49(17-41)105(89,90)65-25-53(85)69-61(29-73,30-74)31-75/h17-24,65-68,73-84H,5-16,25-40H2,1-4H3,(H,69,85)(H,70,86)(H,71,87)(H,72,88). The van der Waals surface area contributed by atoms with Gasteiger partial charge in [0.25, 0.3) is 0 Å². The van der Waals surface area contributed by atoms with Crippen molar-refractivity contribution in [1.82, 2.24) is 40.2 Å². The summed E-state index contributed by atoms with van der Waals surface area (Å²) in [6.07, 6.45) is -2.79. The maximum absolute atomic E-state index is 15.0. The van der Waals surface area contributed by atoms with Crippen molar-refractivity contribution in [1.29, 1.82) is 0 Å². The second kappa shape index (κ2) is 41.8. The van der Waals surface area contributed by atoms with Crippen LogP contribution in [0.15, 0.2) is 68.1 Å². The van der Waals surface area contributed by atoms with Gasteiger partial charge in [-0.25, -0.2) is 52.6 Å². The average Bonchev–Trinajstić information content (AvgIpc) is 0.758. The number of methoxy groups -OCH3 is 4. The zero-order valence-electron chi connectivity index (χ0n) is 59.6. The summed E-state index contributed by atoms with van der Waals surface area (Å²) in [7, 11) is -15.1. The molecule has 4 aromatic rings. The van der Waals surface area contributed by atoms with Crippen LogP contribution in [0.1, 0.15) is 44.5 Å². The number of hydrogen-bond donors (Lipinski definition) is 20. The van der Waals surface area contributed by atoms with E-state index in [2.05, 4.69) is 40.2 Å². The van der Waals surface area contributed by atoms with Crippen molar-refractivity contribution in [2.75, 3.05) is 187 Å². The van der Waals surface area contributed by atoms with Crippen LogP contribution in [0, 0.1) is 0 Å². The van der Waals surface area contributed by atoms with Crippen molar-refractivity contribution in [3.8, 4) is 23.0 Å². The Morgan fingerprint density at radius 2 is 0.435 bits per heavy atom. The van der Waals surface area contributed by atoms with Crippen molar-refractivity contribution < 1.29 is 152 Å². The van der Waals surface area contributed by atoms with Gasteiger partial charge in [-0.2, -0.15) is 0 Å². The van der Waals surface area contributed by atoms with E-state index in [0.717, 1.165) is 48.5 Å². The van der Waals surface area contributed by atoms with E-state index in [-0.39, 0.29) is 120 Å². The summed E-state index contributed by atoms with van der Waals surface area (Å²) in [6.45, 7) is -18.9. The molecule has 8 bridgehead atoms. The van der Waals surface area contributed by atoms with E-state index in [1.54, 1.807) is 0 Å².